The fraction of sp³-hybridized carbons (Fsp3) is 0.385. The Labute approximate surface area is 121 Å². The second-order valence-electron chi connectivity index (χ2n) is 4.60. The molecule has 21 heavy (non-hydrogen) atoms. The Morgan fingerprint density at radius 1 is 1.48 bits per heavy atom. The van der Waals surface area contributed by atoms with E-state index in [4.69, 9.17) is 0 Å². The molecule has 1 heterocycles. The zero-order valence-electron chi connectivity index (χ0n) is 11.7. The van der Waals surface area contributed by atoms with Crippen molar-refractivity contribution in [3.8, 4) is 0 Å². The van der Waals surface area contributed by atoms with Crippen LogP contribution in [0.3, 0.4) is 0 Å². The number of hydrogen-bond donors (Lipinski definition) is 3. The zero-order chi connectivity index (χ0) is 15.2. The average molecular weight is 291 g/mol. The summed E-state index contributed by atoms with van der Waals surface area (Å²) in [6, 6.07) is 4.37. The lowest BCUT2D eigenvalue weighted by atomic mass is 10.3. The van der Waals surface area contributed by atoms with Crippen LogP contribution < -0.4 is 10.6 Å². The highest BCUT2D eigenvalue weighted by Gasteiger charge is 2.10. The monoisotopic (exact) mass is 291 g/mol. The number of rotatable bonds is 7. The van der Waals surface area contributed by atoms with Crippen LogP contribution in [0.4, 0.5) is 11.6 Å². The predicted octanol–water partition coefficient (Wildman–Crippen LogP) is 1.80. The number of benzene rings is 1. The van der Waals surface area contributed by atoms with E-state index in [9.17, 15) is 14.9 Å². The van der Waals surface area contributed by atoms with Gasteiger partial charge >= 0.3 is 0 Å². The van der Waals surface area contributed by atoms with E-state index in [0.717, 1.165) is 12.8 Å². The molecule has 0 aliphatic rings. The van der Waals surface area contributed by atoms with Crippen molar-refractivity contribution in [3.05, 3.63) is 28.3 Å². The third-order valence-corrected chi connectivity index (χ3v) is 2.95. The van der Waals surface area contributed by atoms with Crippen molar-refractivity contribution >= 4 is 28.6 Å². The first-order chi connectivity index (χ1) is 10.1. The van der Waals surface area contributed by atoms with Gasteiger partial charge in [0.25, 0.3) is 5.69 Å². The van der Waals surface area contributed by atoms with Gasteiger partial charge in [-0.1, -0.05) is 13.3 Å². The van der Waals surface area contributed by atoms with Crippen molar-refractivity contribution < 1.29 is 9.72 Å². The predicted molar refractivity (Wildman–Crippen MR) is 79.2 cm³/mol. The summed E-state index contributed by atoms with van der Waals surface area (Å²) in [5.74, 6) is 0.297. The van der Waals surface area contributed by atoms with Crippen LogP contribution in [0.2, 0.25) is 0 Å². The largest absolute Gasteiger partial charge is 0.355 e. The molecule has 1 amide bonds. The number of anilines is 1. The number of H-pyrrole nitrogens is 1. The van der Waals surface area contributed by atoms with Gasteiger partial charge in [-0.2, -0.15) is 0 Å². The van der Waals surface area contributed by atoms with E-state index in [0.29, 0.717) is 23.5 Å². The number of hydrogen-bond acceptors (Lipinski definition) is 5. The lowest BCUT2D eigenvalue weighted by Crippen LogP contribution is -2.30. The zero-order valence-corrected chi connectivity index (χ0v) is 11.7. The lowest BCUT2D eigenvalue weighted by Gasteiger charge is -2.04. The first-order valence-corrected chi connectivity index (χ1v) is 6.75. The summed E-state index contributed by atoms with van der Waals surface area (Å²) in [7, 11) is 0. The maximum atomic E-state index is 11.5. The molecule has 1 aromatic carbocycles. The number of imidazole rings is 1. The lowest BCUT2D eigenvalue weighted by molar-refractivity contribution is -0.384. The van der Waals surface area contributed by atoms with E-state index < -0.39 is 4.92 Å². The number of aromatic nitrogens is 2. The summed E-state index contributed by atoms with van der Waals surface area (Å²) in [5.41, 5.74) is 1.16. The van der Waals surface area contributed by atoms with E-state index in [1.807, 2.05) is 0 Å². The van der Waals surface area contributed by atoms with Gasteiger partial charge < -0.3 is 15.6 Å². The SMILES string of the molecule is CCCCNC(=O)CNc1nc2ccc([N+](=O)[O-])cc2[nH]1. The van der Waals surface area contributed by atoms with Crippen LogP contribution in [0, 0.1) is 10.1 Å². The molecule has 0 spiro atoms. The second kappa shape index (κ2) is 6.69. The van der Waals surface area contributed by atoms with Crippen molar-refractivity contribution in [2.75, 3.05) is 18.4 Å². The molecule has 0 atom stereocenters. The summed E-state index contributed by atoms with van der Waals surface area (Å²) in [4.78, 5) is 28.9. The van der Waals surface area contributed by atoms with Crippen molar-refractivity contribution in [2.24, 2.45) is 0 Å². The summed E-state index contributed by atoms with van der Waals surface area (Å²) >= 11 is 0. The van der Waals surface area contributed by atoms with Crippen LogP contribution in [0.15, 0.2) is 18.2 Å². The maximum Gasteiger partial charge on any atom is 0.271 e. The number of nitrogens with one attached hydrogen (secondary N) is 3. The fourth-order valence-corrected chi connectivity index (χ4v) is 1.83. The molecule has 1 aromatic heterocycles. The van der Waals surface area contributed by atoms with E-state index in [2.05, 4.69) is 27.5 Å². The van der Waals surface area contributed by atoms with Gasteiger partial charge in [0.2, 0.25) is 11.9 Å². The molecule has 3 N–H and O–H groups in total. The highest BCUT2D eigenvalue weighted by Crippen LogP contribution is 2.20. The number of carbonyl (C=O) groups excluding carboxylic acids is 1. The van der Waals surface area contributed by atoms with Gasteiger partial charge in [-0.3, -0.25) is 14.9 Å². The molecule has 0 aliphatic carbocycles. The van der Waals surface area contributed by atoms with Crippen LogP contribution >= 0.6 is 0 Å². The molecule has 0 radical (unpaired) electrons. The standard InChI is InChI=1S/C13H17N5O3/c1-2-3-6-14-12(19)8-15-13-16-10-5-4-9(18(20)21)7-11(10)17-13/h4-5,7H,2-3,6,8H2,1H3,(H,14,19)(H2,15,16,17). The van der Waals surface area contributed by atoms with Crippen LogP contribution in [0.1, 0.15) is 19.8 Å². The van der Waals surface area contributed by atoms with Gasteiger partial charge in [-0.05, 0) is 12.5 Å². The number of unbranched alkanes of at least 4 members (excludes halogenated alkanes) is 1. The molecule has 0 saturated carbocycles. The van der Waals surface area contributed by atoms with Gasteiger partial charge in [-0.25, -0.2) is 4.98 Å². The third-order valence-electron chi connectivity index (χ3n) is 2.95. The van der Waals surface area contributed by atoms with Crippen molar-refractivity contribution in [1.82, 2.24) is 15.3 Å². The molecule has 0 saturated heterocycles. The Morgan fingerprint density at radius 3 is 3.00 bits per heavy atom. The first kappa shape index (κ1) is 14.8. The number of aromatic amines is 1. The quantitative estimate of drug-likeness (QED) is 0.409. The maximum absolute atomic E-state index is 11.5. The highest BCUT2D eigenvalue weighted by atomic mass is 16.6. The Bertz CT molecular complexity index is 652. The molecule has 2 aromatic rings. The molecule has 8 heteroatoms. The van der Waals surface area contributed by atoms with E-state index in [1.54, 1.807) is 6.07 Å². The molecule has 0 unspecified atom stereocenters. The normalized spacial score (nSPS) is 10.5. The molecule has 0 fully saturated rings. The minimum atomic E-state index is -0.464. The first-order valence-electron chi connectivity index (χ1n) is 6.75. The van der Waals surface area contributed by atoms with Gasteiger partial charge in [0.05, 0.1) is 22.5 Å². The number of nitro benzene ring substituents is 1. The van der Waals surface area contributed by atoms with Gasteiger partial charge in [0.15, 0.2) is 0 Å². The molecular weight excluding hydrogens is 274 g/mol. The number of nitrogens with zero attached hydrogens (tertiary/aromatic N) is 2. The van der Waals surface area contributed by atoms with Gasteiger partial charge in [0.1, 0.15) is 0 Å². The number of nitro groups is 1. The van der Waals surface area contributed by atoms with Gasteiger partial charge in [-0.15, -0.1) is 0 Å². The fourth-order valence-electron chi connectivity index (χ4n) is 1.83. The van der Waals surface area contributed by atoms with Crippen LogP contribution in [-0.2, 0) is 4.79 Å². The second-order valence-corrected chi connectivity index (χ2v) is 4.60. The van der Waals surface area contributed by atoms with Crippen molar-refractivity contribution in [1.29, 1.82) is 0 Å². The minimum Gasteiger partial charge on any atom is -0.355 e. The topological polar surface area (TPSA) is 113 Å². The molecule has 8 nitrogen and oxygen atoms in total. The summed E-state index contributed by atoms with van der Waals surface area (Å²) in [5, 5.41) is 16.3. The Kier molecular flexibility index (Phi) is 4.70. The number of fused-ring (bicyclic) bond motifs is 1. The Balaban J connectivity index is 1.96. The van der Waals surface area contributed by atoms with Crippen LogP contribution in [-0.4, -0.2) is 33.9 Å². The molecule has 0 bridgehead atoms. The molecule has 0 aliphatic heterocycles. The highest BCUT2D eigenvalue weighted by molar-refractivity contribution is 5.82. The van der Waals surface area contributed by atoms with Crippen molar-refractivity contribution in [3.63, 3.8) is 0 Å². The van der Waals surface area contributed by atoms with Crippen LogP contribution in [0.5, 0.6) is 0 Å². The van der Waals surface area contributed by atoms with E-state index in [-0.39, 0.29) is 18.1 Å². The Morgan fingerprint density at radius 2 is 2.29 bits per heavy atom. The summed E-state index contributed by atoms with van der Waals surface area (Å²) in [6.45, 7) is 2.81. The molecule has 112 valence electrons. The van der Waals surface area contributed by atoms with Crippen LogP contribution in [0.25, 0.3) is 11.0 Å². The molecular formula is C13H17N5O3. The van der Waals surface area contributed by atoms with Gasteiger partial charge in [0, 0.05) is 18.7 Å². The van der Waals surface area contributed by atoms with E-state index in [1.165, 1.54) is 12.1 Å². The minimum absolute atomic E-state index is 0.00462. The van der Waals surface area contributed by atoms with E-state index >= 15 is 0 Å². The molecule has 2 rings (SSSR count). The smallest absolute Gasteiger partial charge is 0.271 e. The third kappa shape index (κ3) is 3.91. The number of non-ortho nitro benzene ring substituents is 1. The number of amides is 1. The van der Waals surface area contributed by atoms with Crippen molar-refractivity contribution in [2.45, 2.75) is 19.8 Å². The summed E-state index contributed by atoms with van der Waals surface area (Å²) < 4.78 is 0. The summed E-state index contributed by atoms with van der Waals surface area (Å²) in [6.07, 6.45) is 1.97. The number of carbonyl (C=O) groups is 1. The average Bonchev–Trinajstić information content (AvgIpc) is 2.87. The Hall–Kier alpha value is -2.64.